The van der Waals surface area contributed by atoms with E-state index in [0.29, 0.717) is 12.4 Å². The van der Waals surface area contributed by atoms with Crippen LogP contribution >= 0.6 is 0 Å². The predicted octanol–water partition coefficient (Wildman–Crippen LogP) is 3.92. The van der Waals surface area contributed by atoms with E-state index < -0.39 is 0 Å². The van der Waals surface area contributed by atoms with E-state index in [1.54, 1.807) is 29.3 Å². The lowest BCUT2D eigenvalue weighted by Gasteiger charge is -2.34. The van der Waals surface area contributed by atoms with Crippen molar-refractivity contribution in [2.24, 2.45) is 0 Å². The second-order valence-electron chi connectivity index (χ2n) is 6.09. The maximum atomic E-state index is 12.4. The SMILES string of the molecule is CC(C)(C)N(CCc1ccccc1)C(=O)Oc1ccccn1. The molecule has 0 aliphatic heterocycles. The van der Waals surface area contributed by atoms with Crippen molar-refractivity contribution >= 4 is 6.09 Å². The van der Waals surface area contributed by atoms with Crippen LogP contribution in [-0.4, -0.2) is 28.1 Å². The molecule has 0 N–H and O–H groups in total. The van der Waals surface area contributed by atoms with Crippen molar-refractivity contribution in [1.29, 1.82) is 0 Å². The molecule has 1 amide bonds. The van der Waals surface area contributed by atoms with Crippen LogP contribution in [0, 0.1) is 0 Å². The van der Waals surface area contributed by atoms with Gasteiger partial charge in [-0.2, -0.15) is 0 Å². The summed E-state index contributed by atoms with van der Waals surface area (Å²) in [6.07, 6.45) is 2.02. The van der Waals surface area contributed by atoms with Crippen molar-refractivity contribution in [3.05, 3.63) is 60.3 Å². The van der Waals surface area contributed by atoms with E-state index in [-0.39, 0.29) is 11.6 Å². The lowest BCUT2D eigenvalue weighted by atomic mass is 10.1. The van der Waals surface area contributed by atoms with Crippen molar-refractivity contribution in [1.82, 2.24) is 9.88 Å². The molecule has 0 spiro atoms. The van der Waals surface area contributed by atoms with Crippen LogP contribution in [0.4, 0.5) is 4.79 Å². The van der Waals surface area contributed by atoms with Crippen molar-refractivity contribution in [2.45, 2.75) is 32.7 Å². The van der Waals surface area contributed by atoms with Crippen LogP contribution in [-0.2, 0) is 6.42 Å². The summed E-state index contributed by atoms with van der Waals surface area (Å²) in [7, 11) is 0. The van der Waals surface area contributed by atoms with Crippen molar-refractivity contribution in [2.75, 3.05) is 6.54 Å². The third kappa shape index (κ3) is 4.58. The third-order valence-electron chi connectivity index (χ3n) is 3.33. The van der Waals surface area contributed by atoms with Gasteiger partial charge in [0.25, 0.3) is 0 Å². The molecule has 0 unspecified atom stereocenters. The zero-order valence-electron chi connectivity index (χ0n) is 13.3. The molecule has 22 heavy (non-hydrogen) atoms. The van der Waals surface area contributed by atoms with Crippen LogP contribution in [0.5, 0.6) is 5.88 Å². The Bertz CT molecular complexity index is 591. The first-order chi connectivity index (χ1) is 10.5. The molecule has 0 saturated heterocycles. The Labute approximate surface area is 131 Å². The van der Waals surface area contributed by atoms with Gasteiger partial charge in [0.1, 0.15) is 0 Å². The molecule has 116 valence electrons. The Morgan fingerprint density at radius 2 is 1.77 bits per heavy atom. The van der Waals surface area contributed by atoms with Gasteiger partial charge in [0.15, 0.2) is 0 Å². The van der Waals surface area contributed by atoms with Gasteiger partial charge in [-0.1, -0.05) is 36.4 Å². The van der Waals surface area contributed by atoms with Gasteiger partial charge in [0, 0.05) is 24.3 Å². The summed E-state index contributed by atoms with van der Waals surface area (Å²) in [6.45, 7) is 6.59. The van der Waals surface area contributed by atoms with E-state index in [1.807, 2.05) is 39.0 Å². The molecular weight excluding hydrogens is 276 g/mol. The summed E-state index contributed by atoms with van der Waals surface area (Å²) >= 11 is 0. The number of hydrogen-bond donors (Lipinski definition) is 0. The lowest BCUT2D eigenvalue weighted by Crippen LogP contribution is -2.48. The van der Waals surface area contributed by atoms with Crippen LogP contribution in [0.25, 0.3) is 0 Å². The molecule has 1 aromatic carbocycles. The van der Waals surface area contributed by atoms with E-state index in [0.717, 1.165) is 6.42 Å². The van der Waals surface area contributed by atoms with Crippen LogP contribution in [0.3, 0.4) is 0 Å². The summed E-state index contributed by atoms with van der Waals surface area (Å²) in [4.78, 5) is 18.2. The number of hydrogen-bond acceptors (Lipinski definition) is 3. The quantitative estimate of drug-likeness (QED) is 0.859. The number of carbonyl (C=O) groups is 1. The number of benzene rings is 1. The second-order valence-corrected chi connectivity index (χ2v) is 6.09. The highest BCUT2D eigenvalue weighted by Gasteiger charge is 2.28. The maximum absolute atomic E-state index is 12.4. The minimum atomic E-state index is -0.373. The van der Waals surface area contributed by atoms with Gasteiger partial charge < -0.3 is 9.64 Å². The fourth-order valence-electron chi connectivity index (χ4n) is 2.14. The molecule has 1 aromatic heterocycles. The normalized spacial score (nSPS) is 11.0. The molecule has 4 heteroatoms. The standard InChI is InChI=1S/C18H22N2O2/c1-18(2,3)20(14-12-15-9-5-4-6-10-15)17(21)22-16-11-7-8-13-19-16/h4-11,13H,12,14H2,1-3H3. The lowest BCUT2D eigenvalue weighted by molar-refractivity contribution is 0.106. The fraction of sp³-hybridized carbons (Fsp3) is 0.333. The monoisotopic (exact) mass is 298 g/mol. The number of pyridine rings is 1. The van der Waals surface area contributed by atoms with E-state index in [4.69, 9.17) is 4.74 Å². The summed E-state index contributed by atoms with van der Waals surface area (Å²) < 4.78 is 5.37. The zero-order chi connectivity index (χ0) is 16.0. The number of rotatable bonds is 4. The average Bonchev–Trinajstić information content (AvgIpc) is 2.48. The molecule has 0 radical (unpaired) electrons. The third-order valence-corrected chi connectivity index (χ3v) is 3.33. The van der Waals surface area contributed by atoms with E-state index in [2.05, 4.69) is 17.1 Å². The van der Waals surface area contributed by atoms with E-state index in [9.17, 15) is 4.79 Å². The predicted molar refractivity (Wildman–Crippen MR) is 86.9 cm³/mol. The molecule has 4 nitrogen and oxygen atoms in total. The van der Waals surface area contributed by atoms with Crippen LogP contribution in [0.2, 0.25) is 0 Å². The second kappa shape index (κ2) is 7.07. The molecule has 0 aliphatic rings. The molecule has 2 aromatic rings. The minimum Gasteiger partial charge on any atom is -0.391 e. The number of aromatic nitrogens is 1. The van der Waals surface area contributed by atoms with E-state index in [1.165, 1.54) is 5.56 Å². The average molecular weight is 298 g/mol. The fourth-order valence-corrected chi connectivity index (χ4v) is 2.14. The van der Waals surface area contributed by atoms with Crippen LogP contribution in [0.15, 0.2) is 54.7 Å². The highest BCUT2D eigenvalue weighted by molar-refractivity contribution is 5.71. The number of nitrogens with zero attached hydrogens (tertiary/aromatic N) is 2. The van der Waals surface area contributed by atoms with Crippen molar-refractivity contribution in [3.63, 3.8) is 0 Å². The van der Waals surface area contributed by atoms with Crippen molar-refractivity contribution < 1.29 is 9.53 Å². The van der Waals surface area contributed by atoms with Crippen molar-refractivity contribution in [3.8, 4) is 5.88 Å². The Morgan fingerprint density at radius 1 is 1.09 bits per heavy atom. The van der Waals surface area contributed by atoms with Crippen LogP contribution in [0.1, 0.15) is 26.3 Å². The van der Waals surface area contributed by atoms with Gasteiger partial charge in [-0.3, -0.25) is 0 Å². The molecule has 1 heterocycles. The van der Waals surface area contributed by atoms with E-state index >= 15 is 0 Å². The Hall–Kier alpha value is -2.36. The van der Waals surface area contributed by atoms with Gasteiger partial charge in [0.2, 0.25) is 5.88 Å². The van der Waals surface area contributed by atoms with Crippen LogP contribution < -0.4 is 4.74 Å². The number of ether oxygens (including phenoxy) is 1. The molecular formula is C18H22N2O2. The minimum absolute atomic E-state index is 0.319. The Kier molecular flexibility index (Phi) is 5.15. The summed E-state index contributed by atoms with van der Waals surface area (Å²) in [5, 5.41) is 0. The van der Waals surface area contributed by atoms with Gasteiger partial charge in [-0.05, 0) is 38.8 Å². The largest absolute Gasteiger partial charge is 0.417 e. The summed E-state index contributed by atoms with van der Waals surface area (Å²) in [6, 6.07) is 15.4. The van der Waals surface area contributed by atoms with Gasteiger partial charge in [-0.25, -0.2) is 9.78 Å². The Balaban J connectivity index is 2.04. The first-order valence-electron chi connectivity index (χ1n) is 7.41. The zero-order valence-corrected chi connectivity index (χ0v) is 13.3. The first-order valence-corrected chi connectivity index (χ1v) is 7.41. The van der Waals surface area contributed by atoms with Gasteiger partial charge in [0.05, 0.1) is 0 Å². The number of amides is 1. The smallest absolute Gasteiger partial charge is 0.391 e. The molecule has 2 rings (SSSR count). The molecule has 0 fully saturated rings. The highest BCUT2D eigenvalue weighted by Crippen LogP contribution is 2.17. The maximum Gasteiger partial charge on any atom is 0.417 e. The Morgan fingerprint density at radius 3 is 2.36 bits per heavy atom. The summed E-state index contributed by atoms with van der Waals surface area (Å²) in [5.74, 6) is 0.321. The summed E-state index contributed by atoms with van der Waals surface area (Å²) in [5.41, 5.74) is 0.878. The molecule has 0 atom stereocenters. The molecule has 0 aliphatic carbocycles. The number of carbonyl (C=O) groups excluding carboxylic acids is 1. The van der Waals surface area contributed by atoms with Gasteiger partial charge in [-0.15, -0.1) is 0 Å². The first kappa shape index (κ1) is 16.0. The molecule has 0 bridgehead atoms. The highest BCUT2D eigenvalue weighted by atomic mass is 16.6. The molecule has 0 saturated carbocycles. The topological polar surface area (TPSA) is 42.4 Å². The van der Waals surface area contributed by atoms with Gasteiger partial charge >= 0.3 is 6.09 Å².